The molecule has 0 radical (unpaired) electrons. The lowest BCUT2D eigenvalue weighted by molar-refractivity contribution is -0.131. The number of hydrogen-bond acceptors (Lipinski definition) is 5. The van der Waals surface area contributed by atoms with Crippen LogP contribution in [0.3, 0.4) is 0 Å². The lowest BCUT2D eigenvalue weighted by Crippen LogP contribution is -2.24. The van der Waals surface area contributed by atoms with E-state index in [1.54, 1.807) is 31.4 Å². The molecule has 4 rings (SSSR count). The van der Waals surface area contributed by atoms with Crippen molar-refractivity contribution in [1.82, 2.24) is 5.01 Å². The summed E-state index contributed by atoms with van der Waals surface area (Å²) in [4.78, 5) is 24.9. The number of nitrogens with zero attached hydrogens (tertiary/aromatic N) is 2. The lowest BCUT2D eigenvalue weighted by atomic mass is 9.98. The van der Waals surface area contributed by atoms with Gasteiger partial charge in [0, 0.05) is 31.1 Å². The highest BCUT2D eigenvalue weighted by Crippen LogP contribution is 2.36. The topological polar surface area (TPSA) is 68.2 Å². The van der Waals surface area contributed by atoms with Crippen LogP contribution in [0, 0.1) is 0 Å². The second-order valence-electron chi connectivity index (χ2n) is 7.57. The molecular weight excluding hydrogens is 416 g/mol. The first kappa shape index (κ1) is 22.0. The first-order chi connectivity index (χ1) is 16.0. The number of hydrogen-bond donors (Lipinski definition) is 0. The molecule has 33 heavy (non-hydrogen) atoms. The summed E-state index contributed by atoms with van der Waals surface area (Å²) in [6.45, 7) is 1.49. The Morgan fingerprint density at radius 1 is 1.00 bits per heavy atom. The molecule has 6 heteroatoms. The molecule has 3 aromatic rings. The number of benzene rings is 3. The summed E-state index contributed by atoms with van der Waals surface area (Å²) in [5.74, 6) is 0.204. The molecular formula is C27H24N2O4. The van der Waals surface area contributed by atoms with Crippen LogP contribution in [-0.2, 0) is 9.59 Å². The van der Waals surface area contributed by atoms with Crippen molar-refractivity contribution < 1.29 is 19.1 Å². The van der Waals surface area contributed by atoms with Gasteiger partial charge in [-0.15, -0.1) is 0 Å². The molecule has 0 bridgehead atoms. The molecule has 0 fully saturated rings. The van der Waals surface area contributed by atoms with E-state index in [2.05, 4.69) is 5.10 Å². The highest BCUT2D eigenvalue weighted by molar-refractivity contribution is 6.06. The van der Waals surface area contributed by atoms with Gasteiger partial charge in [-0.25, -0.2) is 9.80 Å². The number of amides is 1. The Balaban J connectivity index is 1.62. The molecule has 0 aliphatic carbocycles. The molecule has 1 unspecified atom stereocenters. The number of methoxy groups -OCH3 is 1. The van der Waals surface area contributed by atoms with Gasteiger partial charge in [0.25, 0.3) is 0 Å². The molecule has 1 aliphatic heterocycles. The SMILES string of the molecule is COc1ccc(C2=NN(C(C)=O)C(c3ccccc3)C2)c(OC(=O)/C=C/c2ccccc2)c1. The Labute approximate surface area is 192 Å². The molecule has 1 heterocycles. The molecule has 1 amide bonds. The number of rotatable bonds is 6. The zero-order valence-electron chi connectivity index (χ0n) is 18.5. The third-order valence-corrected chi connectivity index (χ3v) is 5.34. The van der Waals surface area contributed by atoms with Crippen LogP contribution in [0.2, 0.25) is 0 Å². The molecule has 0 spiro atoms. The first-order valence-corrected chi connectivity index (χ1v) is 10.6. The van der Waals surface area contributed by atoms with E-state index in [0.29, 0.717) is 29.2 Å². The summed E-state index contributed by atoms with van der Waals surface area (Å²) in [6, 6.07) is 24.3. The fourth-order valence-corrected chi connectivity index (χ4v) is 3.72. The minimum absolute atomic E-state index is 0.156. The van der Waals surface area contributed by atoms with Crippen molar-refractivity contribution in [3.8, 4) is 11.5 Å². The van der Waals surface area contributed by atoms with Crippen molar-refractivity contribution in [3.05, 3.63) is 102 Å². The quantitative estimate of drug-likeness (QED) is 0.307. The monoisotopic (exact) mass is 440 g/mol. The van der Waals surface area contributed by atoms with Crippen LogP contribution >= 0.6 is 0 Å². The van der Waals surface area contributed by atoms with Crippen LogP contribution in [0.5, 0.6) is 11.5 Å². The van der Waals surface area contributed by atoms with Gasteiger partial charge in [-0.2, -0.15) is 5.10 Å². The maximum Gasteiger partial charge on any atom is 0.336 e. The van der Waals surface area contributed by atoms with Gasteiger partial charge in [0.05, 0.1) is 18.9 Å². The molecule has 0 N–H and O–H groups in total. The number of esters is 1. The van der Waals surface area contributed by atoms with Crippen LogP contribution in [-0.4, -0.2) is 29.7 Å². The molecule has 0 aromatic heterocycles. The number of hydrazone groups is 1. The van der Waals surface area contributed by atoms with Gasteiger partial charge in [-0.05, 0) is 29.3 Å². The predicted molar refractivity (Wildman–Crippen MR) is 127 cm³/mol. The third kappa shape index (κ3) is 5.18. The normalized spacial score (nSPS) is 15.4. The van der Waals surface area contributed by atoms with Gasteiger partial charge in [0.2, 0.25) is 5.91 Å². The van der Waals surface area contributed by atoms with E-state index in [4.69, 9.17) is 9.47 Å². The van der Waals surface area contributed by atoms with Crippen LogP contribution in [0.15, 0.2) is 90.0 Å². The minimum Gasteiger partial charge on any atom is -0.497 e. The maximum atomic E-state index is 12.6. The van der Waals surface area contributed by atoms with E-state index in [0.717, 1.165) is 11.1 Å². The second kappa shape index (κ2) is 9.96. The first-order valence-electron chi connectivity index (χ1n) is 10.6. The van der Waals surface area contributed by atoms with Crippen molar-refractivity contribution in [3.63, 3.8) is 0 Å². The summed E-state index contributed by atoms with van der Waals surface area (Å²) >= 11 is 0. The van der Waals surface area contributed by atoms with E-state index in [1.807, 2.05) is 60.7 Å². The van der Waals surface area contributed by atoms with Gasteiger partial charge in [0.1, 0.15) is 11.5 Å². The number of carbonyl (C=O) groups is 2. The second-order valence-corrected chi connectivity index (χ2v) is 7.57. The molecule has 0 saturated carbocycles. The average molecular weight is 440 g/mol. The van der Waals surface area contributed by atoms with Gasteiger partial charge >= 0.3 is 5.97 Å². The number of carbonyl (C=O) groups excluding carboxylic acids is 2. The van der Waals surface area contributed by atoms with Crippen molar-refractivity contribution in [2.24, 2.45) is 5.10 Å². The highest BCUT2D eigenvalue weighted by atomic mass is 16.5. The van der Waals surface area contributed by atoms with Crippen LogP contribution in [0.4, 0.5) is 0 Å². The van der Waals surface area contributed by atoms with Crippen molar-refractivity contribution in [2.45, 2.75) is 19.4 Å². The zero-order chi connectivity index (χ0) is 23.2. The van der Waals surface area contributed by atoms with Crippen molar-refractivity contribution >= 4 is 23.7 Å². The summed E-state index contributed by atoms with van der Waals surface area (Å²) in [5, 5.41) is 6.06. The predicted octanol–water partition coefficient (Wildman–Crippen LogP) is 5.01. The van der Waals surface area contributed by atoms with E-state index < -0.39 is 5.97 Å². The Hall–Kier alpha value is -4.19. The smallest absolute Gasteiger partial charge is 0.336 e. The van der Waals surface area contributed by atoms with Crippen LogP contribution in [0.25, 0.3) is 6.08 Å². The minimum atomic E-state index is -0.519. The fraction of sp³-hybridized carbons (Fsp3) is 0.148. The van der Waals surface area contributed by atoms with Crippen molar-refractivity contribution in [1.29, 1.82) is 0 Å². The van der Waals surface area contributed by atoms with Crippen molar-refractivity contribution in [2.75, 3.05) is 7.11 Å². The Kier molecular flexibility index (Phi) is 6.64. The van der Waals surface area contributed by atoms with Gasteiger partial charge in [-0.3, -0.25) is 4.79 Å². The third-order valence-electron chi connectivity index (χ3n) is 5.34. The molecule has 166 valence electrons. The summed E-state index contributed by atoms with van der Waals surface area (Å²) in [5.41, 5.74) is 3.19. The van der Waals surface area contributed by atoms with Gasteiger partial charge < -0.3 is 9.47 Å². The summed E-state index contributed by atoms with van der Waals surface area (Å²) in [6.07, 6.45) is 3.57. The molecule has 0 saturated heterocycles. The standard InChI is InChI=1S/C27H24N2O4/c1-19(30)29-25(21-11-7-4-8-12-21)18-24(28-29)23-15-14-22(32-2)17-26(23)33-27(31)16-13-20-9-5-3-6-10-20/h3-17,25H,18H2,1-2H3/b16-13+. The Bertz CT molecular complexity index is 1200. The number of ether oxygens (including phenoxy) is 2. The molecule has 6 nitrogen and oxygen atoms in total. The molecule has 3 aromatic carbocycles. The van der Waals surface area contributed by atoms with Crippen LogP contribution in [0.1, 0.15) is 36.1 Å². The van der Waals surface area contributed by atoms with Gasteiger partial charge in [0.15, 0.2) is 0 Å². The Morgan fingerprint density at radius 2 is 1.70 bits per heavy atom. The van der Waals surface area contributed by atoms with E-state index >= 15 is 0 Å². The molecule has 1 atom stereocenters. The fourth-order valence-electron chi connectivity index (χ4n) is 3.72. The van der Waals surface area contributed by atoms with E-state index in [-0.39, 0.29) is 11.9 Å². The van der Waals surface area contributed by atoms with Gasteiger partial charge in [-0.1, -0.05) is 60.7 Å². The summed E-state index contributed by atoms with van der Waals surface area (Å²) < 4.78 is 11.0. The van der Waals surface area contributed by atoms with Crippen LogP contribution < -0.4 is 9.47 Å². The summed E-state index contributed by atoms with van der Waals surface area (Å²) in [7, 11) is 1.55. The Morgan fingerprint density at radius 3 is 2.36 bits per heavy atom. The lowest BCUT2D eigenvalue weighted by Gasteiger charge is -2.20. The van der Waals surface area contributed by atoms with E-state index in [9.17, 15) is 9.59 Å². The largest absolute Gasteiger partial charge is 0.497 e. The molecule has 1 aliphatic rings. The average Bonchev–Trinajstić information content (AvgIpc) is 3.29. The zero-order valence-corrected chi connectivity index (χ0v) is 18.5. The highest BCUT2D eigenvalue weighted by Gasteiger charge is 2.32. The van der Waals surface area contributed by atoms with E-state index in [1.165, 1.54) is 18.0 Å². The maximum absolute atomic E-state index is 12.6.